The van der Waals surface area contributed by atoms with Crippen LogP contribution in [0.25, 0.3) is 0 Å². The quantitative estimate of drug-likeness (QED) is 0.614. The maximum absolute atomic E-state index is 11.4. The molecular weight excluding hydrogens is 294 g/mol. The summed E-state index contributed by atoms with van der Waals surface area (Å²) in [6.07, 6.45) is 0.842. The van der Waals surface area contributed by atoms with Crippen molar-refractivity contribution >= 4 is 33.8 Å². The molecule has 0 aliphatic carbocycles. The lowest BCUT2D eigenvalue weighted by molar-refractivity contribution is -0.384. The first-order chi connectivity index (χ1) is 10.0. The Bertz CT molecular complexity index is 603. The number of hydrogen-bond acceptors (Lipinski definition) is 5. The molecular formula is C13H17N3O4S. The van der Waals surface area contributed by atoms with Crippen molar-refractivity contribution in [2.75, 3.05) is 28.7 Å². The second-order valence-electron chi connectivity index (χ2n) is 4.69. The number of nitrogens with one attached hydrogen (secondary N) is 2. The van der Waals surface area contributed by atoms with Crippen LogP contribution in [0, 0.1) is 10.1 Å². The van der Waals surface area contributed by atoms with Crippen LogP contribution >= 0.6 is 0 Å². The highest BCUT2D eigenvalue weighted by Gasteiger charge is 2.22. The van der Waals surface area contributed by atoms with Gasteiger partial charge in [0, 0.05) is 47.0 Å². The minimum atomic E-state index is -0.928. The van der Waals surface area contributed by atoms with Crippen molar-refractivity contribution in [3.63, 3.8) is 0 Å². The molecule has 21 heavy (non-hydrogen) atoms. The molecule has 1 aromatic carbocycles. The van der Waals surface area contributed by atoms with Gasteiger partial charge in [-0.05, 0) is 18.1 Å². The number of hydrogen-bond donors (Lipinski definition) is 2. The highest BCUT2D eigenvalue weighted by Crippen LogP contribution is 2.33. The Kier molecular flexibility index (Phi) is 4.89. The number of anilines is 2. The van der Waals surface area contributed by atoms with Crippen molar-refractivity contribution in [2.45, 2.75) is 19.8 Å². The van der Waals surface area contributed by atoms with Gasteiger partial charge >= 0.3 is 0 Å². The van der Waals surface area contributed by atoms with Crippen LogP contribution in [-0.4, -0.2) is 33.1 Å². The highest BCUT2D eigenvalue weighted by atomic mass is 32.2. The van der Waals surface area contributed by atoms with E-state index in [2.05, 4.69) is 10.6 Å². The molecule has 0 aromatic heterocycles. The molecule has 1 aliphatic rings. The van der Waals surface area contributed by atoms with E-state index in [1.165, 1.54) is 6.07 Å². The third-order valence-corrected chi connectivity index (χ3v) is 4.58. The molecule has 1 aliphatic heterocycles. The lowest BCUT2D eigenvalue weighted by Crippen LogP contribution is -2.20. The van der Waals surface area contributed by atoms with Crippen molar-refractivity contribution in [3.8, 4) is 0 Å². The SMILES string of the molecule is CC[S@](=O)CCNc1cc2c(cc1[N+](=O)[O-])CCC(=O)N2. The van der Waals surface area contributed by atoms with Gasteiger partial charge in [0.2, 0.25) is 5.91 Å². The van der Waals surface area contributed by atoms with Crippen molar-refractivity contribution in [3.05, 3.63) is 27.8 Å². The second kappa shape index (κ2) is 6.66. The van der Waals surface area contributed by atoms with E-state index in [9.17, 15) is 19.1 Å². The van der Waals surface area contributed by atoms with Crippen LogP contribution in [-0.2, 0) is 22.0 Å². The van der Waals surface area contributed by atoms with Gasteiger partial charge < -0.3 is 10.6 Å². The Labute approximate surface area is 124 Å². The number of aryl methyl sites for hydroxylation is 1. The summed E-state index contributed by atoms with van der Waals surface area (Å²) >= 11 is 0. The molecule has 0 bridgehead atoms. The van der Waals surface area contributed by atoms with E-state index in [0.29, 0.717) is 42.3 Å². The van der Waals surface area contributed by atoms with Gasteiger partial charge in [-0.3, -0.25) is 19.1 Å². The number of nitrogens with zero attached hydrogens (tertiary/aromatic N) is 1. The second-order valence-corrected chi connectivity index (χ2v) is 6.56. The zero-order valence-electron chi connectivity index (χ0n) is 11.7. The number of nitro benzene ring substituents is 1. The molecule has 0 unspecified atom stereocenters. The van der Waals surface area contributed by atoms with E-state index in [1.807, 2.05) is 6.92 Å². The fourth-order valence-electron chi connectivity index (χ4n) is 2.15. The minimum absolute atomic E-state index is 0.0211. The number of benzene rings is 1. The Morgan fingerprint density at radius 2 is 2.19 bits per heavy atom. The molecule has 0 radical (unpaired) electrons. The Morgan fingerprint density at radius 1 is 1.43 bits per heavy atom. The van der Waals surface area contributed by atoms with E-state index in [1.54, 1.807) is 6.07 Å². The van der Waals surface area contributed by atoms with E-state index in [4.69, 9.17) is 0 Å². The number of carbonyl (C=O) groups excluding carboxylic acids is 1. The van der Waals surface area contributed by atoms with Gasteiger partial charge in [0.1, 0.15) is 5.69 Å². The Balaban J connectivity index is 2.21. The number of fused-ring (bicyclic) bond motifs is 1. The van der Waals surface area contributed by atoms with Crippen LogP contribution in [0.5, 0.6) is 0 Å². The summed E-state index contributed by atoms with van der Waals surface area (Å²) in [5, 5.41) is 16.8. The van der Waals surface area contributed by atoms with Crippen molar-refractivity contribution in [1.29, 1.82) is 0 Å². The summed E-state index contributed by atoms with van der Waals surface area (Å²) in [6, 6.07) is 3.08. The lowest BCUT2D eigenvalue weighted by Gasteiger charge is -2.18. The van der Waals surface area contributed by atoms with Crippen LogP contribution in [0.15, 0.2) is 12.1 Å². The van der Waals surface area contributed by atoms with E-state index in [0.717, 1.165) is 5.56 Å². The maximum atomic E-state index is 11.4. The molecule has 1 heterocycles. The first-order valence-corrected chi connectivity index (χ1v) is 8.20. The average molecular weight is 311 g/mol. The third-order valence-electron chi connectivity index (χ3n) is 3.28. The van der Waals surface area contributed by atoms with Crippen LogP contribution in [0.3, 0.4) is 0 Å². The number of nitro groups is 1. The monoisotopic (exact) mass is 311 g/mol. The van der Waals surface area contributed by atoms with Gasteiger partial charge in [-0.15, -0.1) is 0 Å². The maximum Gasteiger partial charge on any atom is 0.292 e. The van der Waals surface area contributed by atoms with E-state index >= 15 is 0 Å². The van der Waals surface area contributed by atoms with Gasteiger partial charge in [-0.1, -0.05) is 6.92 Å². The third kappa shape index (κ3) is 3.78. The molecule has 114 valence electrons. The zero-order chi connectivity index (χ0) is 15.4. The predicted molar refractivity (Wildman–Crippen MR) is 82.1 cm³/mol. The number of amides is 1. The molecule has 0 fully saturated rings. The zero-order valence-corrected chi connectivity index (χ0v) is 12.5. The summed E-state index contributed by atoms with van der Waals surface area (Å²) in [4.78, 5) is 22.1. The number of rotatable bonds is 6. The normalized spacial score (nSPS) is 15.0. The smallest absolute Gasteiger partial charge is 0.292 e. The minimum Gasteiger partial charge on any atom is -0.379 e. The Morgan fingerprint density at radius 3 is 2.86 bits per heavy atom. The molecule has 0 saturated carbocycles. The van der Waals surface area contributed by atoms with E-state index < -0.39 is 15.7 Å². The molecule has 7 nitrogen and oxygen atoms in total. The summed E-state index contributed by atoms with van der Waals surface area (Å²) < 4.78 is 11.4. The number of carbonyl (C=O) groups is 1. The predicted octanol–water partition coefficient (Wildman–Crippen LogP) is 1.66. The lowest BCUT2D eigenvalue weighted by atomic mass is 10.0. The fourth-order valence-corrected chi connectivity index (χ4v) is 2.77. The summed E-state index contributed by atoms with van der Waals surface area (Å²) in [5.74, 6) is 0.899. The van der Waals surface area contributed by atoms with Crippen LogP contribution < -0.4 is 10.6 Å². The summed E-state index contributed by atoms with van der Waals surface area (Å²) in [7, 11) is -0.928. The fraction of sp³-hybridized carbons (Fsp3) is 0.462. The van der Waals surface area contributed by atoms with Crippen molar-refractivity contribution < 1.29 is 13.9 Å². The molecule has 8 heteroatoms. The largest absolute Gasteiger partial charge is 0.379 e. The van der Waals surface area contributed by atoms with Gasteiger partial charge in [0.15, 0.2) is 0 Å². The Hall–Kier alpha value is -1.96. The first kappa shape index (κ1) is 15.4. The first-order valence-electron chi connectivity index (χ1n) is 6.71. The summed E-state index contributed by atoms with van der Waals surface area (Å²) in [6.45, 7) is 2.21. The van der Waals surface area contributed by atoms with Gasteiger partial charge in [-0.2, -0.15) is 0 Å². The van der Waals surface area contributed by atoms with Crippen LogP contribution in [0.1, 0.15) is 18.9 Å². The average Bonchev–Trinajstić information content (AvgIpc) is 2.45. The molecule has 0 spiro atoms. The molecule has 0 saturated heterocycles. The van der Waals surface area contributed by atoms with E-state index in [-0.39, 0.29) is 11.6 Å². The summed E-state index contributed by atoms with van der Waals surface area (Å²) in [5.41, 5.74) is 1.70. The van der Waals surface area contributed by atoms with Crippen LogP contribution in [0.4, 0.5) is 17.1 Å². The molecule has 2 rings (SSSR count). The standard InChI is InChI=1S/C13H17N3O4S/c1-2-21(20)6-5-14-11-8-10-9(3-4-13(17)15-10)7-12(11)16(18)19/h7-8,14H,2-6H2,1H3,(H,15,17)/t21-/m0/s1. The molecule has 2 N–H and O–H groups in total. The van der Waals surface area contributed by atoms with Crippen molar-refractivity contribution in [1.82, 2.24) is 0 Å². The molecule has 1 atom stereocenters. The van der Waals surface area contributed by atoms with Crippen LogP contribution in [0.2, 0.25) is 0 Å². The molecule has 1 amide bonds. The molecule has 1 aromatic rings. The van der Waals surface area contributed by atoms with Crippen molar-refractivity contribution in [2.24, 2.45) is 0 Å². The highest BCUT2D eigenvalue weighted by molar-refractivity contribution is 7.84. The van der Waals surface area contributed by atoms with Gasteiger partial charge in [0.25, 0.3) is 5.69 Å². The van der Waals surface area contributed by atoms with Gasteiger partial charge in [0.05, 0.1) is 4.92 Å². The topological polar surface area (TPSA) is 101 Å². The van der Waals surface area contributed by atoms with Gasteiger partial charge in [-0.25, -0.2) is 0 Å².